The SMILES string of the molecule is Cc1ncc(CN2CCC(c3cc(O)nc(N4CCOCC4)n3)CC2)cn1. The zero-order valence-electron chi connectivity index (χ0n) is 15.7. The van der Waals surface area contributed by atoms with Gasteiger partial charge in [0.2, 0.25) is 11.8 Å². The number of aromatic hydroxyl groups is 1. The van der Waals surface area contributed by atoms with Gasteiger partial charge in [-0.1, -0.05) is 0 Å². The molecule has 8 nitrogen and oxygen atoms in total. The summed E-state index contributed by atoms with van der Waals surface area (Å²) in [4.78, 5) is 22.0. The van der Waals surface area contributed by atoms with E-state index in [2.05, 4.69) is 24.8 Å². The second-order valence-electron chi connectivity index (χ2n) is 7.24. The van der Waals surface area contributed by atoms with E-state index in [0.29, 0.717) is 25.1 Å². The summed E-state index contributed by atoms with van der Waals surface area (Å²) in [5.74, 6) is 1.83. The van der Waals surface area contributed by atoms with E-state index in [-0.39, 0.29) is 5.88 Å². The molecule has 144 valence electrons. The maximum Gasteiger partial charge on any atom is 0.229 e. The summed E-state index contributed by atoms with van der Waals surface area (Å²) < 4.78 is 5.39. The molecule has 4 rings (SSSR count). The Morgan fingerprint density at radius 3 is 2.48 bits per heavy atom. The Morgan fingerprint density at radius 2 is 1.78 bits per heavy atom. The highest BCUT2D eigenvalue weighted by Crippen LogP contribution is 2.30. The maximum absolute atomic E-state index is 10.1. The highest BCUT2D eigenvalue weighted by molar-refractivity contribution is 5.35. The predicted octanol–water partition coefficient (Wildman–Crippen LogP) is 1.50. The minimum atomic E-state index is 0.0562. The summed E-state index contributed by atoms with van der Waals surface area (Å²) >= 11 is 0. The number of anilines is 1. The number of aryl methyl sites for hydroxylation is 1. The molecular formula is C19H26N6O2. The van der Waals surface area contributed by atoms with Crippen molar-refractivity contribution in [3.05, 3.63) is 35.5 Å². The highest BCUT2D eigenvalue weighted by atomic mass is 16.5. The van der Waals surface area contributed by atoms with E-state index in [9.17, 15) is 5.11 Å². The van der Waals surface area contributed by atoms with Crippen LogP contribution in [0, 0.1) is 6.92 Å². The van der Waals surface area contributed by atoms with Crippen molar-refractivity contribution >= 4 is 5.95 Å². The molecule has 0 bridgehead atoms. The summed E-state index contributed by atoms with van der Waals surface area (Å²) in [5.41, 5.74) is 2.09. The smallest absolute Gasteiger partial charge is 0.229 e. The first-order valence-corrected chi connectivity index (χ1v) is 9.58. The molecule has 0 atom stereocenters. The van der Waals surface area contributed by atoms with Gasteiger partial charge in [-0.15, -0.1) is 0 Å². The number of hydrogen-bond donors (Lipinski definition) is 1. The van der Waals surface area contributed by atoms with E-state index in [0.717, 1.165) is 62.6 Å². The molecular weight excluding hydrogens is 344 g/mol. The molecule has 2 fully saturated rings. The second kappa shape index (κ2) is 8.14. The van der Waals surface area contributed by atoms with Gasteiger partial charge < -0.3 is 14.7 Å². The Kier molecular flexibility index (Phi) is 5.45. The van der Waals surface area contributed by atoms with Gasteiger partial charge in [-0.3, -0.25) is 4.90 Å². The molecule has 0 aliphatic carbocycles. The molecule has 2 aromatic rings. The third-order valence-corrected chi connectivity index (χ3v) is 5.26. The first-order valence-electron chi connectivity index (χ1n) is 9.58. The first-order chi connectivity index (χ1) is 13.2. The second-order valence-corrected chi connectivity index (χ2v) is 7.24. The minimum Gasteiger partial charge on any atom is -0.493 e. The maximum atomic E-state index is 10.1. The zero-order valence-corrected chi connectivity index (χ0v) is 15.7. The van der Waals surface area contributed by atoms with Crippen LogP contribution in [0.5, 0.6) is 5.88 Å². The van der Waals surface area contributed by atoms with Crippen molar-refractivity contribution in [3.63, 3.8) is 0 Å². The standard InChI is InChI=1S/C19H26N6O2/c1-14-20-11-15(12-21-14)13-24-4-2-16(3-5-24)17-10-18(26)23-19(22-17)25-6-8-27-9-7-25/h10-12,16H,2-9,13H2,1H3,(H,22,23,26). The van der Waals surface area contributed by atoms with Crippen molar-refractivity contribution in [1.82, 2.24) is 24.8 Å². The number of rotatable bonds is 4. The lowest BCUT2D eigenvalue weighted by atomic mass is 9.93. The zero-order chi connectivity index (χ0) is 18.6. The van der Waals surface area contributed by atoms with Crippen LogP contribution in [0.15, 0.2) is 18.5 Å². The third kappa shape index (κ3) is 4.51. The van der Waals surface area contributed by atoms with Gasteiger partial charge in [0.1, 0.15) is 5.82 Å². The average molecular weight is 370 g/mol. The molecule has 0 unspecified atom stereocenters. The number of morpholine rings is 1. The number of hydrogen-bond acceptors (Lipinski definition) is 8. The van der Waals surface area contributed by atoms with Crippen molar-refractivity contribution < 1.29 is 9.84 Å². The molecule has 2 aliphatic rings. The van der Waals surface area contributed by atoms with E-state index in [1.807, 2.05) is 19.3 Å². The Morgan fingerprint density at radius 1 is 1.07 bits per heavy atom. The van der Waals surface area contributed by atoms with Gasteiger partial charge in [0, 0.05) is 49.6 Å². The number of nitrogens with zero attached hydrogens (tertiary/aromatic N) is 6. The number of ether oxygens (including phenoxy) is 1. The van der Waals surface area contributed by atoms with Crippen molar-refractivity contribution in [2.75, 3.05) is 44.3 Å². The van der Waals surface area contributed by atoms with Gasteiger partial charge in [-0.05, 0) is 32.9 Å². The summed E-state index contributed by atoms with van der Waals surface area (Å²) in [7, 11) is 0. The molecule has 0 spiro atoms. The molecule has 4 heterocycles. The fraction of sp³-hybridized carbons (Fsp3) is 0.579. The van der Waals surface area contributed by atoms with Crippen LogP contribution < -0.4 is 4.90 Å². The average Bonchev–Trinajstić information content (AvgIpc) is 2.70. The van der Waals surface area contributed by atoms with Crippen molar-refractivity contribution in [2.45, 2.75) is 32.2 Å². The summed E-state index contributed by atoms with van der Waals surface area (Å²) in [6.45, 7) is 7.65. The number of aromatic nitrogens is 4. The van der Waals surface area contributed by atoms with Crippen LogP contribution in [-0.2, 0) is 11.3 Å². The van der Waals surface area contributed by atoms with Crippen molar-refractivity contribution in [2.24, 2.45) is 0 Å². The molecule has 2 aromatic heterocycles. The van der Waals surface area contributed by atoms with Crippen molar-refractivity contribution in [3.8, 4) is 5.88 Å². The fourth-order valence-corrected chi connectivity index (χ4v) is 3.70. The van der Waals surface area contributed by atoms with Gasteiger partial charge in [0.15, 0.2) is 0 Å². The highest BCUT2D eigenvalue weighted by Gasteiger charge is 2.24. The lowest BCUT2D eigenvalue weighted by molar-refractivity contribution is 0.122. The van der Waals surface area contributed by atoms with Crippen LogP contribution >= 0.6 is 0 Å². The van der Waals surface area contributed by atoms with Crippen LogP contribution in [0.4, 0.5) is 5.95 Å². The van der Waals surface area contributed by atoms with Gasteiger partial charge in [-0.2, -0.15) is 4.98 Å². The Hall–Kier alpha value is -2.32. The van der Waals surface area contributed by atoms with Gasteiger partial charge in [0.05, 0.1) is 18.9 Å². The lowest BCUT2D eigenvalue weighted by Crippen LogP contribution is -2.37. The van der Waals surface area contributed by atoms with Gasteiger partial charge in [-0.25, -0.2) is 15.0 Å². The Balaban J connectivity index is 1.38. The van der Waals surface area contributed by atoms with E-state index in [4.69, 9.17) is 9.72 Å². The first kappa shape index (κ1) is 18.1. The molecule has 0 amide bonds. The van der Waals surface area contributed by atoms with Crippen LogP contribution in [0.2, 0.25) is 0 Å². The molecule has 0 radical (unpaired) electrons. The molecule has 1 N–H and O–H groups in total. The van der Waals surface area contributed by atoms with Crippen LogP contribution in [0.25, 0.3) is 0 Å². The number of likely N-dealkylation sites (tertiary alicyclic amines) is 1. The van der Waals surface area contributed by atoms with Crippen molar-refractivity contribution in [1.29, 1.82) is 0 Å². The molecule has 2 aliphatic heterocycles. The molecule has 0 saturated carbocycles. The molecule has 2 saturated heterocycles. The van der Waals surface area contributed by atoms with E-state index < -0.39 is 0 Å². The molecule has 0 aromatic carbocycles. The topological polar surface area (TPSA) is 87.5 Å². The minimum absolute atomic E-state index is 0.0562. The monoisotopic (exact) mass is 370 g/mol. The fourth-order valence-electron chi connectivity index (χ4n) is 3.70. The van der Waals surface area contributed by atoms with E-state index in [1.54, 1.807) is 6.07 Å². The predicted molar refractivity (Wildman–Crippen MR) is 101 cm³/mol. The molecule has 8 heteroatoms. The van der Waals surface area contributed by atoms with Crippen LogP contribution in [-0.4, -0.2) is 69.3 Å². The summed E-state index contributed by atoms with van der Waals surface area (Å²) in [5, 5.41) is 10.1. The quantitative estimate of drug-likeness (QED) is 0.866. The lowest BCUT2D eigenvalue weighted by Gasteiger charge is -2.32. The van der Waals surface area contributed by atoms with Gasteiger partial charge >= 0.3 is 0 Å². The van der Waals surface area contributed by atoms with Crippen LogP contribution in [0.1, 0.15) is 35.8 Å². The van der Waals surface area contributed by atoms with Crippen LogP contribution in [0.3, 0.4) is 0 Å². The third-order valence-electron chi connectivity index (χ3n) is 5.26. The summed E-state index contributed by atoms with van der Waals surface area (Å²) in [6, 6.07) is 1.72. The largest absolute Gasteiger partial charge is 0.493 e. The Bertz CT molecular complexity index is 755. The van der Waals surface area contributed by atoms with E-state index in [1.165, 1.54) is 0 Å². The Labute approximate surface area is 159 Å². The molecule has 27 heavy (non-hydrogen) atoms. The summed E-state index contributed by atoms with van der Waals surface area (Å²) in [6.07, 6.45) is 5.86. The number of piperidine rings is 1. The van der Waals surface area contributed by atoms with Gasteiger partial charge in [0.25, 0.3) is 0 Å². The normalized spacial score (nSPS) is 19.4. The van der Waals surface area contributed by atoms with E-state index >= 15 is 0 Å².